The number of thiazole rings is 1. The minimum absolute atomic E-state index is 0.00817. The summed E-state index contributed by atoms with van der Waals surface area (Å²) >= 11 is 15.1. The summed E-state index contributed by atoms with van der Waals surface area (Å²) in [7, 11) is -3.76. The molecule has 5 nitrogen and oxygen atoms in total. The highest BCUT2D eigenvalue weighted by Crippen LogP contribution is 2.27. The lowest BCUT2D eigenvalue weighted by atomic mass is 10.2. The van der Waals surface area contributed by atoms with Crippen molar-refractivity contribution in [1.82, 2.24) is 4.98 Å². The van der Waals surface area contributed by atoms with Crippen molar-refractivity contribution < 1.29 is 8.42 Å². The van der Waals surface area contributed by atoms with E-state index in [4.69, 9.17) is 29.6 Å². The van der Waals surface area contributed by atoms with Gasteiger partial charge in [-0.25, -0.2) is 13.4 Å². The molecule has 1 heterocycles. The maximum Gasteiger partial charge on any atom is 0.263 e. The maximum atomic E-state index is 12.2. The van der Waals surface area contributed by atoms with E-state index in [-0.39, 0.29) is 20.0 Å². The first-order valence-corrected chi connectivity index (χ1v) is 8.91. The molecule has 0 saturated heterocycles. The predicted molar refractivity (Wildman–Crippen MR) is 88.0 cm³/mol. The summed E-state index contributed by atoms with van der Waals surface area (Å²) in [5.41, 5.74) is 5.90. The Morgan fingerprint density at radius 1 is 1.50 bits per heavy atom. The summed E-state index contributed by atoms with van der Waals surface area (Å²) in [6.07, 6.45) is 1.51. The molecule has 2 rings (SSSR count). The third-order valence-corrected chi connectivity index (χ3v) is 5.61. The molecule has 1 aromatic carbocycles. The molecule has 0 fully saturated rings. The Bertz CT molecular complexity index is 776. The minimum Gasteiger partial charge on any atom is -0.389 e. The Morgan fingerprint density at radius 2 is 2.20 bits per heavy atom. The molecule has 0 aliphatic carbocycles. The van der Waals surface area contributed by atoms with E-state index in [0.29, 0.717) is 5.56 Å². The van der Waals surface area contributed by atoms with Crippen molar-refractivity contribution in [3.8, 4) is 0 Å². The van der Waals surface area contributed by atoms with E-state index in [2.05, 4.69) is 25.6 Å². The molecule has 0 atom stereocenters. The molecule has 0 bridgehead atoms. The number of halogens is 2. The van der Waals surface area contributed by atoms with Gasteiger partial charge in [0.15, 0.2) is 5.13 Å². The van der Waals surface area contributed by atoms with Crippen LogP contribution in [0, 0.1) is 0 Å². The van der Waals surface area contributed by atoms with E-state index < -0.39 is 10.0 Å². The van der Waals surface area contributed by atoms with Gasteiger partial charge in [-0.1, -0.05) is 35.2 Å². The van der Waals surface area contributed by atoms with Crippen LogP contribution in [0.15, 0.2) is 33.1 Å². The fraction of sp³-hybridized carbons (Fsp3) is 0. The Kier molecular flexibility index (Phi) is 4.65. The van der Waals surface area contributed by atoms with Crippen LogP contribution in [-0.4, -0.2) is 18.4 Å². The van der Waals surface area contributed by atoms with Gasteiger partial charge in [-0.2, -0.15) is 0 Å². The second-order valence-electron chi connectivity index (χ2n) is 3.58. The lowest BCUT2D eigenvalue weighted by Gasteiger charge is -2.07. The average molecular weight is 413 g/mol. The number of hydrogen-bond donors (Lipinski definition) is 2. The van der Waals surface area contributed by atoms with E-state index >= 15 is 0 Å². The summed E-state index contributed by atoms with van der Waals surface area (Å²) < 4.78 is 27.4. The molecule has 20 heavy (non-hydrogen) atoms. The third-order valence-electron chi connectivity index (χ3n) is 2.22. The number of anilines is 1. The molecular formula is C10H7BrClN3O2S3. The van der Waals surface area contributed by atoms with E-state index in [1.165, 1.54) is 24.4 Å². The molecule has 0 amide bonds. The van der Waals surface area contributed by atoms with Crippen LogP contribution < -0.4 is 10.5 Å². The molecule has 0 radical (unpaired) electrons. The monoisotopic (exact) mass is 411 g/mol. The lowest BCUT2D eigenvalue weighted by molar-refractivity contribution is 0.601. The Hall–Kier alpha value is -0.740. The highest BCUT2D eigenvalue weighted by atomic mass is 79.9. The molecule has 0 saturated carbocycles. The molecule has 2 aromatic rings. The van der Waals surface area contributed by atoms with Gasteiger partial charge in [-0.05, 0) is 34.1 Å². The molecule has 3 N–H and O–H groups in total. The molecule has 0 unspecified atom stereocenters. The average Bonchev–Trinajstić information content (AvgIpc) is 2.73. The highest BCUT2D eigenvalue weighted by Gasteiger charge is 2.18. The second-order valence-corrected chi connectivity index (χ2v) is 8.52. The van der Waals surface area contributed by atoms with Gasteiger partial charge in [-0.15, -0.1) is 0 Å². The lowest BCUT2D eigenvalue weighted by Crippen LogP contribution is -2.14. The van der Waals surface area contributed by atoms with Gasteiger partial charge < -0.3 is 5.73 Å². The predicted octanol–water partition coefficient (Wildman–Crippen LogP) is 2.99. The zero-order valence-corrected chi connectivity index (χ0v) is 14.4. The van der Waals surface area contributed by atoms with Crippen molar-refractivity contribution >= 4 is 71.2 Å². The molecule has 0 aliphatic rings. The number of nitrogens with two attached hydrogens (primary N) is 1. The van der Waals surface area contributed by atoms with E-state index in [0.717, 1.165) is 15.1 Å². The van der Waals surface area contributed by atoms with Crippen molar-refractivity contribution in [3.05, 3.63) is 38.8 Å². The SMILES string of the molecule is NC(=S)c1ccc(S(=O)(=O)Nc2ncc(Br)s2)cc1Cl. The van der Waals surface area contributed by atoms with Crippen molar-refractivity contribution in [2.45, 2.75) is 4.90 Å². The fourth-order valence-corrected chi connectivity index (χ4v) is 4.29. The van der Waals surface area contributed by atoms with Crippen molar-refractivity contribution in [1.29, 1.82) is 0 Å². The van der Waals surface area contributed by atoms with Gasteiger partial charge in [0, 0.05) is 5.56 Å². The summed E-state index contributed by atoms with van der Waals surface area (Å²) in [5, 5.41) is 0.437. The minimum atomic E-state index is -3.76. The van der Waals surface area contributed by atoms with Crippen LogP contribution in [0.2, 0.25) is 5.02 Å². The fourth-order valence-electron chi connectivity index (χ4n) is 1.34. The first kappa shape index (κ1) is 15.6. The third kappa shape index (κ3) is 3.47. The van der Waals surface area contributed by atoms with E-state index in [9.17, 15) is 8.42 Å². The quantitative estimate of drug-likeness (QED) is 0.754. The van der Waals surface area contributed by atoms with Gasteiger partial charge in [0.05, 0.1) is 19.9 Å². The molecule has 106 valence electrons. The Morgan fingerprint density at radius 3 is 2.70 bits per heavy atom. The second kappa shape index (κ2) is 5.94. The van der Waals surface area contributed by atoms with Crippen LogP contribution in [-0.2, 0) is 10.0 Å². The standard InChI is InChI=1S/C10H7BrClN3O2S3/c11-8-4-14-10(19-8)15-20(16,17)5-1-2-6(9(13)18)7(12)3-5/h1-4H,(H2,13,18)(H,14,15). The van der Waals surface area contributed by atoms with Crippen molar-refractivity contribution in [3.63, 3.8) is 0 Å². The van der Waals surface area contributed by atoms with Crippen LogP contribution >= 0.6 is 51.1 Å². The molecule has 10 heteroatoms. The molecule has 0 spiro atoms. The molecule has 1 aromatic heterocycles. The number of hydrogen-bond acceptors (Lipinski definition) is 5. The highest BCUT2D eigenvalue weighted by molar-refractivity contribution is 9.11. The molecule has 0 aliphatic heterocycles. The van der Waals surface area contributed by atoms with Gasteiger partial charge in [0.1, 0.15) is 4.99 Å². The van der Waals surface area contributed by atoms with Crippen LogP contribution in [0.3, 0.4) is 0 Å². The smallest absolute Gasteiger partial charge is 0.263 e. The zero-order valence-electron chi connectivity index (χ0n) is 9.63. The van der Waals surface area contributed by atoms with Gasteiger partial charge in [0.2, 0.25) is 0 Å². The van der Waals surface area contributed by atoms with Gasteiger partial charge >= 0.3 is 0 Å². The van der Waals surface area contributed by atoms with Crippen LogP contribution in [0.25, 0.3) is 0 Å². The number of nitrogens with one attached hydrogen (secondary N) is 1. The van der Waals surface area contributed by atoms with Gasteiger partial charge in [-0.3, -0.25) is 4.72 Å². The normalized spacial score (nSPS) is 11.3. The van der Waals surface area contributed by atoms with Gasteiger partial charge in [0.25, 0.3) is 10.0 Å². The summed E-state index contributed by atoms with van der Waals surface area (Å²) in [6, 6.07) is 4.14. The zero-order chi connectivity index (χ0) is 14.9. The summed E-state index contributed by atoms with van der Waals surface area (Å²) in [5.74, 6) is 0. The first-order valence-electron chi connectivity index (χ1n) is 5.03. The van der Waals surface area contributed by atoms with Crippen LogP contribution in [0.1, 0.15) is 5.56 Å². The first-order chi connectivity index (χ1) is 9.29. The van der Waals surface area contributed by atoms with Crippen molar-refractivity contribution in [2.75, 3.05) is 4.72 Å². The largest absolute Gasteiger partial charge is 0.389 e. The number of thiocarbonyl (C=S) groups is 1. The van der Waals surface area contributed by atoms with E-state index in [1.54, 1.807) is 0 Å². The number of sulfonamides is 1. The Balaban J connectivity index is 2.35. The molecular weight excluding hydrogens is 406 g/mol. The van der Waals surface area contributed by atoms with Crippen LogP contribution in [0.5, 0.6) is 0 Å². The maximum absolute atomic E-state index is 12.2. The topological polar surface area (TPSA) is 85.1 Å². The number of benzene rings is 1. The Labute approximate surface area is 138 Å². The van der Waals surface area contributed by atoms with E-state index in [1.807, 2.05) is 0 Å². The van der Waals surface area contributed by atoms with Crippen LogP contribution in [0.4, 0.5) is 5.13 Å². The van der Waals surface area contributed by atoms with Crippen molar-refractivity contribution in [2.24, 2.45) is 5.73 Å². The number of aromatic nitrogens is 1. The number of rotatable bonds is 4. The summed E-state index contributed by atoms with van der Waals surface area (Å²) in [4.78, 5) is 4.02. The summed E-state index contributed by atoms with van der Waals surface area (Å²) in [6.45, 7) is 0. The number of nitrogens with zero attached hydrogens (tertiary/aromatic N) is 1.